The van der Waals surface area contributed by atoms with Crippen LogP contribution < -0.4 is 10.6 Å². The van der Waals surface area contributed by atoms with Crippen molar-refractivity contribution in [3.05, 3.63) is 22.9 Å². The predicted octanol–water partition coefficient (Wildman–Crippen LogP) is -0.374. The molecule has 0 aromatic carbocycles. The summed E-state index contributed by atoms with van der Waals surface area (Å²) in [6.07, 6.45) is 2.40. The van der Waals surface area contributed by atoms with Gasteiger partial charge in [-0.2, -0.15) is 5.10 Å². The first kappa shape index (κ1) is 11.6. The Hall–Kier alpha value is -1.89. The second-order valence-corrected chi connectivity index (χ2v) is 3.71. The molecule has 0 unspecified atom stereocenters. The molecular weight excluding hydrogens is 222 g/mol. The number of nitrogens with zero attached hydrogens (tertiary/aromatic N) is 4. The maximum absolute atomic E-state index is 11.3. The van der Waals surface area contributed by atoms with E-state index in [2.05, 4.69) is 22.1 Å². The van der Waals surface area contributed by atoms with Gasteiger partial charge in [0.1, 0.15) is 12.1 Å². The summed E-state index contributed by atoms with van der Waals surface area (Å²) in [6.45, 7) is 3.45. The summed E-state index contributed by atoms with van der Waals surface area (Å²) in [5.74, 6) is 0.715. The van der Waals surface area contributed by atoms with Gasteiger partial charge in [-0.15, -0.1) is 0 Å². The molecule has 2 rings (SSSR count). The van der Waals surface area contributed by atoms with Gasteiger partial charge in [0.05, 0.1) is 6.61 Å². The average molecular weight is 237 g/mol. The lowest BCUT2D eigenvalue weighted by Crippen LogP contribution is -2.28. The van der Waals surface area contributed by atoms with E-state index >= 15 is 0 Å². The highest BCUT2D eigenvalue weighted by Gasteiger charge is 2.08. The van der Waals surface area contributed by atoms with Crippen molar-refractivity contribution in [2.24, 2.45) is 0 Å². The van der Waals surface area contributed by atoms with Crippen LogP contribution in [0.15, 0.2) is 17.2 Å². The van der Waals surface area contributed by atoms with E-state index in [-0.39, 0.29) is 12.3 Å². The van der Waals surface area contributed by atoms with E-state index in [1.54, 1.807) is 6.07 Å². The third kappa shape index (κ3) is 2.28. The van der Waals surface area contributed by atoms with Gasteiger partial charge in [0.2, 0.25) is 0 Å². The minimum atomic E-state index is -0.303. The van der Waals surface area contributed by atoms with Crippen molar-refractivity contribution in [2.45, 2.75) is 13.3 Å². The van der Waals surface area contributed by atoms with Crippen LogP contribution in [0.3, 0.4) is 0 Å². The summed E-state index contributed by atoms with van der Waals surface area (Å²) in [5, 5.41) is 15.2. The number of aromatic amines is 1. The van der Waals surface area contributed by atoms with Crippen molar-refractivity contribution in [1.82, 2.24) is 19.6 Å². The van der Waals surface area contributed by atoms with E-state index in [1.807, 2.05) is 4.90 Å². The molecule has 0 aliphatic carbocycles. The highest BCUT2D eigenvalue weighted by molar-refractivity contribution is 5.50. The van der Waals surface area contributed by atoms with E-state index in [9.17, 15) is 4.79 Å². The number of aliphatic hydroxyl groups is 1. The van der Waals surface area contributed by atoms with Crippen molar-refractivity contribution in [2.75, 3.05) is 24.6 Å². The number of fused-ring (bicyclic) bond motifs is 1. The van der Waals surface area contributed by atoms with E-state index in [0.717, 1.165) is 13.0 Å². The fourth-order valence-electron chi connectivity index (χ4n) is 1.70. The molecule has 0 bridgehead atoms. The molecule has 0 radical (unpaired) electrons. The standard InChI is InChI=1S/C10H15N5O2/c1-2-3-14(4-5-16)8-6-9-12-13-10(17)15(9)7-11-8/h6-7,16H,2-5H2,1H3,(H,13,17). The lowest BCUT2D eigenvalue weighted by Gasteiger charge is -2.21. The molecule has 0 amide bonds. The Morgan fingerprint density at radius 1 is 1.53 bits per heavy atom. The molecule has 0 aliphatic heterocycles. The Balaban J connectivity index is 2.36. The molecule has 2 aromatic heterocycles. The third-order valence-electron chi connectivity index (χ3n) is 2.48. The fourth-order valence-corrected chi connectivity index (χ4v) is 1.70. The topological polar surface area (TPSA) is 86.5 Å². The number of rotatable bonds is 5. The Labute approximate surface area is 97.7 Å². The van der Waals surface area contributed by atoms with E-state index in [0.29, 0.717) is 18.0 Å². The second kappa shape index (κ2) is 4.96. The number of aromatic nitrogens is 4. The first-order valence-electron chi connectivity index (χ1n) is 5.55. The van der Waals surface area contributed by atoms with Crippen LogP contribution in [0.4, 0.5) is 5.82 Å². The molecule has 92 valence electrons. The number of hydrogen-bond donors (Lipinski definition) is 2. The van der Waals surface area contributed by atoms with Gasteiger partial charge in [0, 0.05) is 19.2 Å². The van der Waals surface area contributed by atoms with Crippen LogP contribution in [-0.2, 0) is 0 Å². The first-order valence-corrected chi connectivity index (χ1v) is 5.55. The fraction of sp³-hybridized carbons (Fsp3) is 0.500. The van der Waals surface area contributed by atoms with Crippen LogP contribution in [0.2, 0.25) is 0 Å². The van der Waals surface area contributed by atoms with Crippen molar-refractivity contribution >= 4 is 11.5 Å². The smallest absolute Gasteiger partial charge is 0.348 e. The molecule has 0 aliphatic rings. The molecule has 7 heteroatoms. The van der Waals surface area contributed by atoms with Gasteiger partial charge in [-0.1, -0.05) is 6.92 Å². The average Bonchev–Trinajstić information content (AvgIpc) is 2.70. The predicted molar refractivity (Wildman–Crippen MR) is 63.2 cm³/mol. The largest absolute Gasteiger partial charge is 0.395 e. The SMILES string of the molecule is CCCN(CCO)c1cc2n[nH]c(=O)n2cn1. The van der Waals surface area contributed by atoms with Gasteiger partial charge in [0.15, 0.2) is 5.65 Å². The van der Waals surface area contributed by atoms with E-state index in [4.69, 9.17) is 5.11 Å². The van der Waals surface area contributed by atoms with Gasteiger partial charge in [0.25, 0.3) is 0 Å². The van der Waals surface area contributed by atoms with Crippen LogP contribution in [0.25, 0.3) is 5.65 Å². The van der Waals surface area contributed by atoms with Crippen molar-refractivity contribution < 1.29 is 5.11 Å². The number of hydrogen-bond acceptors (Lipinski definition) is 5. The lowest BCUT2D eigenvalue weighted by atomic mass is 10.4. The van der Waals surface area contributed by atoms with Crippen molar-refractivity contribution in [3.63, 3.8) is 0 Å². The third-order valence-corrected chi connectivity index (χ3v) is 2.48. The van der Waals surface area contributed by atoms with Crippen LogP contribution in [0, 0.1) is 0 Å². The molecule has 0 fully saturated rings. The summed E-state index contributed by atoms with van der Waals surface area (Å²) >= 11 is 0. The van der Waals surface area contributed by atoms with Gasteiger partial charge in [-0.25, -0.2) is 19.3 Å². The Morgan fingerprint density at radius 2 is 2.35 bits per heavy atom. The summed E-state index contributed by atoms with van der Waals surface area (Å²) in [7, 11) is 0. The molecule has 2 heterocycles. The number of nitrogens with one attached hydrogen (secondary N) is 1. The molecule has 2 aromatic rings. The normalized spacial score (nSPS) is 10.9. The number of aliphatic hydroxyl groups excluding tert-OH is 1. The Bertz CT molecular complexity index is 541. The minimum Gasteiger partial charge on any atom is -0.395 e. The Kier molecular flexibility index (Phi) is 3.38. The van der Waals surface area contributed by atoms with Crippen LogP contribution in [-0.4, -0.2) is 44.4 Å². The van der Waals surface area contributed by atoms with Gasteiger partial charge >= 0.3 is 5.69 Å². The van der Waals surface area contributed by atoms with Gasteiger partial charge in [-0.05, 0) is 6.42 Å². The summed E-state index contributed by atoms with van der Waals surface area (Å²) in [5.41, 5.74) is 0.224. The highest BCUT2D eigenvalue weighted by atomic mass is 16.3. The first-order chi connectivity index (χ1) is 8.26. The quantitative estimate of drug-likeness (QED) is 0.740. The summed E-state index contributed by atoms with van der Waals surface area (Å²) < 4.78 is 1.34. The van der Waals surface area contributed by atoms with Gasteiger partial charge < -0.3 is 10.0 Å². The molecule has 0 spiro atoms. The molecule has 7 nitrogen and oxygen atoms in total. The number of anilines is 1. The maximum Gasteiger partial charge on any atom is 0.348 e. The molecular formula is C10H15N5O2. The zero-order valence-corrected chi connectivity index (χ0v) is 9.63. The van der Waals surface area contributed by atoms with Crippen LogP contribution in [0.1, 0.15) is 13.3 Å². The summed E-state index contributed by atoms with van der Waals surface area (Å²) in [4.78, 5) is 17.4. The van der Waals surface area contributed by atoms with Gasteiger partial charge in [-0.3, -0.25) is 0 Å². The highest BCUT2D eigenvalue weighted by Crippen LogP contribution is 2.11. The van der Waals surface area contributed by atoms with E-state index in [1.165, 1.54) is 10.7 Å². The zero-order valence-electron chi connectivity index (χ0n) is 9.63. The Morgan fingerprint density at radius 3 is 3.06 bits per heavy atom. The van der Waals surface area contributed by atoms with E-state index < -0.39 is 0 Å². The molecule has 0 atom stereocenters. The van der Waals surface area contributed by atoms with Crippen LogP contribution in [0.5, 0.6) is 0 Å². The minimum absolute atomic E-state index is 0.0697. The number of H-pyrrole nitrogens is 1. The van der Waals surface area contributed by atoms with Crippen molar-refractivity contribution in [3.8, 4) is 0 Å². The molecule has 0 saturated carbocycles. The maximum atomic E-state index is 11.3. The molecule has 17 heavy (non-hydrogen) atoms. The molecule has 2 N–H and O–H groups in total. The lowest BCUT2D eigenvalue weighted by molar-refractivity contribution is 0.301. The molecule has 0 saturated heterocycles. The van der Waals surface area contributed by atoms with Crippen molar-refractivity contribution in [1.29, 1.82) is 0 Å². The van der Waals surface area contributed by atoms with Crippen LogP contribution >= 0.6 is 0 Å². The summed E-state index contributed by atoms with van der Waals surface area (Å²) in [6, 6.07) is 1.73. The second-order valence-electron chi connectivity index (χ2n) is 3.71. The zero-order chi connectivity index (χ0) is 12.3. The monoisotopic (exact) mass is 237 g/mol.